The molecule has 39 heavy (non-hydrogen) atoms. The number of hydrogen-bond acceptors (Lipinski definition) is 6. The number of furan rings is 1. The van der Waals surface area contributed by atoms with Crippen LogP contribution >= 0.6 is 0 Å². The number of alkyl halides is 3. The third-order valence-electron chi connectivity index (χ3n) is 6.46. The molecule has 1 saturated heterocycles. The highest BCUT2D eigenvalue weighted by molar-refractivity contribution is 7.89. The Morgan fingerprint density at radius 2 is 1.82 bits per heavy atom. The van der Waals surface area contributed by atoms with Crippen LogP contribution in [0.25, 0.3) is 22.1 Å². The number of hydrogen-bond donors (Lipinski definition) is 0. The van der Waals surface area contributed by atoms with Crippen LogP contribution in [-0.2, 0) is 21.2 Å². The molecule has 1 fully saturated rings. The summed E-state index contributed by atoms with van der Waals surface area (Å²) in [5.41, 5.74) is 2.13. The molecule has 3 heterocycles. The summed E-state index contributed by atoms with van der Waals surface area (Å²) in [6.07, 6.45) is -2.09. The first kappa shape index (κ1) is 26.8. The van der Waals surface area contributed by atoms with Gasteiger partial charge in [0.15, 0.2) is 5.78 Å². The van der Waals surface area contributed by atoms with E-state index in [-0.39, 0.29) is 41.6 Å². The molecule has 0 aliphatic carbocycles. The van der Waals surface area contributed by atoms with Gasteiger partial charge in [-0.3, -0.25) is 9.78 Å². The molecule has 7 nitrogen and oxygen atoms in total. The van der Waals surface area contributed by atoms with Gasteiger partial charge in [0, 0.05) is 36.3 Å². The van der Waals surface area contributed by atoms with Crippen molar-refractivity contribution in [2.75, 3.05) is 6.54 Å². The van der Waals surface area contributed by atoms with Crippen LogP contribution in [0.2, 0.25) is 0 Å². The second-order valence-electron chi connectivity index (χ2n) is 9.10. The van der Waals surface area contributed by atoms with Crippen LogP contribution in [0.15, 0.2) is 76.4 Å². The van der Waals surface area contributed by atoms with Crippen LogP contribution in [0.1, 0.15) is 25.0 Å². The zero-order valence-electron chi connectivity index (χ0n) is 20.3. The Kier molecular flexibility index (Phi) is 7.17. The number of nitrogens with zero attached hydrogens (tertiary/aromatic N) is 2. The van der Waals surface area contributed by atoms with Gasteiger partial charge in [0.2, 0.25) is 5.09 Å². The minimum atomic E-state index is -4.78. The van der Waals surface area contributed by atoms with E-state index in [1.165, 1.54) is 54.7 Å². The Balaban J connectivity index is 1.26. The fourth-order valence-electron chi connectivity index (χ4n) is 4.64. The van der Waals surface area contributed by atoms with Gasteiger partial charge in [0.25, 0.3) is 10.0 Å². The summed E-state index contributed by atoms with van der Waals surface area (Å²) in [5, 5.41) is -0.0343. The number of sulfonamides is 1. The van der Waals surface area contributed by atoms with E-state index in [1.807, 2.05) is 0 Å². The van der Waals surface area contributed by atoms with Crippen molar-refractivity contribution in [2.45, 2.75) is 43.2 Å². The van der Waals surface area contributed by atoms with E-state index >= 15 is 0 Å². The molecule has 0 N–H and O–H groups in total. The molecule has 4 aromatic rings. The monoisotopic (exact) mass is 562 g/mol. The van der Waals surface area contributed by atoms with Crippen molar-refractivity contribution in [1.29, 1.82) is 0 Å². The summed E-state index contributed by atoms with van der Waals surface area (Å²) in [6, 6.07) is 12.9. The Morgan fingerprint density at radius 1 is 1.05 bits per heavy atom. The Hall–Kier alpha value is -3.77. The molecule has 0 spiro atoms. The van der Waals surface area contributed by atoms with Gasteiger partial charge in [0.05, 0.1) is 6.04 Å². The second kappa shape index (κ2) is 10.4. The minimum absolute atomic E-state index is 0.0385. The summed E-state index contributed by atoms with van der Waals surface area (Å²) < 4.78 is 87.8. The maximum absolute atomic E-state index is 13.5. The number of pyridine rings is 1. The molecule has 0 amide bonds. The summed E-state index contributed by atoms with van der Waals surface area (Å²) in [7, 11) is -4.12. The Labute approximate surface area is 221 Å². The van der Waals surface area contributed by atoms with E-state index in [4.69, 9.17) is 4.42 Å². The Bertz CT molecular complexity index is 1620. The van der Waals surface area contributed by atoms with Crippen LogP contribution in [0.4, 0.5) is 17.6 Å². The van der Waals surface area contributed by atoms with E-state index in [9.17, 15) is 30.8 Å². The third-order valence-corrected chi connectivity index (χ3v) is 8.22. The van der Waals surface area contributed by atoms with E-state index in [0.29, 0.717) is 35.0 Å². The molecule has 204 valence electrons. The highest BCUT2D eigenvalue weighted by Gasteiger charge is 2.40. The first-order valence-electron chi connectivity index (χ1n) is 12.0. The van der Waals surface area contributed by atoms with Gasteiger partial charge in [-0.1, -0.05) is 12.1 Å². The molecule has 1 aliphatic heterocycles. The van der Waals surface area contributed by atoms with Gasteiger partial charge in [-0.05, 0) is 72.9 Å². The predicted octanol–water partition coefficient (Wildman–Crippen LogP) is 5.89. The van der Waals surface area contributed by atoms with Gasteiger partial charge < -0.3 is 9.15 Å². The van der Waals surface area contributed by atoms with Crippen molar-refractivity contribution in [1.82, 2.24) is 9.29 Å². The summed E-state index contributed by atoms with van der Waals surface area (Å²) in [4.78, 5) is 17.4. The van der Waals surface area contributed by atoms with Crippen LogP contribution in [0.5, 0.6) is 5.75 Å². The number of ketones is 1. The van der Waals surface area contributed by atoms with Crippen molar-refractivity contribution in [3.05, 3.63) is 78.4 Å². The van der Waals surface area contributed by atoms with Crippen molar-refractivity contribution in [3.8, 4) is 16.9 Å². The molecule has 0 bridgehead atoms. The normalized spacial score (nSPS) is 16.6. The maximum atomic E-state index is 13.5. The number of ether oxygens (including phenoxy) is 1. The summed E-state index contributed by atoms with van der Waals surface area (Å²) >= 11 is 0. The zero-order chi connectivity index (χ0) is 27.8. The summed E-state index contributed by atoms with van der Waals surface area (Å²) in [5.74, 6) is -1.12. The second-order valence-corrected chi connectivity index (χ2v) is 10.9. The van der Waals surface area contributed by atoms with Crippen LogP contribution in [-0.4, -0.2) is 42.4 Å². The van der Waals surface area contributed by atoms with Crippen molar-refractivity contribution in [3.63, 3.8) is 0 Å². The molecular weight excluding hydrogens is 540 g/mol. The van der Waals surface area contributed by atoms with E-state index in [0.717, 1.165) is 4.31 Å². The molecule has 2 aromatic heterocycles. The highest BCUT2D eigenvalue weighted by Crippen LogP contribution is 2.32. The van der Waals surface area contributed by atoms with Crippen LogP contribution < -0.4 is 4.74 Å². The number of fused-ring (bicyclic) bond motifs is 1. The number of Topliss-reactive ketones (excluding diaryl/α,β-unsaturated/α-hetero) is 1. The van der Waals surface area contributed by atoms with Gasteiger partial charge in [-0.2, -0.15) is 4.31 Å². The van der Waals surface area contributed by atoms with Crippen molar-refractivity contribution < 1.29 is 39.9 Å². The lowest BCUT2D eigenvalue weighted by atomic mass is 10.0. The lowest BCUT2D eigenvalue weighted by Crippen LogP contribution is -2.40. The zero-order valence-corrected chi connectivity index (χ0v) is 21.1. The summed E-state index contributed by atoms with van der Waals surface area (Å²) in [6.45, 7) is 0.159. The number of aromatic nitrogens is 1. The molecule has 0 saturated carbocycles. The molecule has 0 unspecified atom stereocenters. The molecule has 1 atom stereocenters. The van der Waals surface area contributed by atoms with Gasteiger partial charge in [0.1, 0.15) is 17.1 Å². The molecule has 2 aromatic carbocycles. The SMILES string of the molecule is O=C(CCc1cc(-c2ccc(OC(F)(F)F)cc2)ccn1)[C@@H]1CCCN1S(=O)(=O)c1cc2cc(F)ccc2o1. The van der Waals surface area contributed by atoms with Crippen LogP contribution in [0.3, 0.4) is 0 Å². The first-order valence-corrected chi connectivity index (χ1v) is 13.5. The minimum Gasteiger partial charge on any atom is -0.443 e. The third kappa shape index (κ3) is 5.96. The number of halogens is 4. The number of carbonyl (C=O) groups is 1. The van der Waals surface area contributed by atoms with Gasteiger partial charge in [-0.25, -0.2) is 12.8 Å². The standard InChI is InChI=1S/C27H22F4N2O5S/c28-20-5-10-25-19(14-20)16-26(37-25)39(35,36)33-13-1-2-23(33)24(34)9-6-21-15-18(11-12-32-21)17-3-7-22(8-4-17)38-27(29,30)31/h3-5,7-8,10-12,14-16,23H,1-2,6,9,13H2/t23-/m0/s1. The van der Waals surface area contributed by atoms with Gasteiger partial charge in [-0.15, -0.1) is 13.2 Å². The number of aryl methyl sites for hydroxylation is 1. The Morgan fingerprint density at radius 3 is 2.56 bits per heavy atom. The predicted molar refractivity (Wildman–Crippen MR) is 133 cm³/mol. The molecule has 12 heteroatoms. The fourth-order valence-corrected chi connectivity index (χ4v) is 6.27. The van der Waals surface area contributed by atoms with Crippen LogP contribution in [0, 0.1) is 5.82 Å². The molecule has 1 aliphatic rings. The van der Waals surface area contributed by atoms with E-state index < -0.39 is 28.2 Å². The quantitative estimate of drug-likeness (QED) is 0.249. The lowest BCUT2D eigenvalue weighted by Gasteiger charge is -2.21. The highest BCUT2D eigenvalue weighted by atomic mass is 32.2. The van der Waals surface area contributed by atoms with E-state index in [1.54, 1.807) is 12.1 Å². The smallest absolute Gasteiger partial charge is 0.443 e. The van der Waals surface area contributed by atoms with Crippen molar-refractivity contribution >= 4 is 26.8 Å². The number of benzene rings is 2. The average Bonchev–Trinajstić information content (AvgIpc) is 3.55. The van der Waals surface area contributed by atoms with Crippen molar-refractivity contribution in [2.24, 2.45) is 0 Å². The maximum Gasteiger partial charge on any atom is 0.573 e. The molecular formula is C27H22F4N2O5S. The topological polar surface area (TPSA) is 89.7 Å². The average molecular weight is 563 g/mol. The largest absolute Gasteiger partial charge is 0.573 e. The van der Waals surface area contributed by atoms with E-state index in [2.05, 4.69) is 9.72 Å². The van der Waals surface area contributed by atoms with Gasteiger partial charge >= 0.3 is 6.36 Å². The molecule has 5 rings (SSSR count). The fraction of sp³-hybridized carbons (Fsp3) is 0.259. The molecule has 0 radical (unpaired) electrons. The number of carbonyl (C=O) groups excluding carboxylic acids is 1. The first-order chi connectivity index (χ1) is 18.5. The number of rotatable bonds is 8. The lowest BCUT2D eigenvalue weighted by molar-refractivity contribution is -0.274.